The standard InChI is InChI=1S/C9H12N2S/c1-3-4-5-8(10)9-6-12-7(2)11-9/h6,8H,5,10H2,1-2H3. The molecule has 2 nitrogen and oxygen atoms in total. The normalized spacial score (nSPS) is 11.9. The Hall–Kier alpha value is -0.850. The number of hydrogen-bond donors (Lipinski definition) is 1. The Morgan fingerprint density at radius 1 is 1.75 bits per heavy atom. The average Bonchev–Trinajstić information content (AvgIpc) is 2.47. The van der Waals surface area contributed by atoms with Gasteiger partial charge >= 0.3 is 0 Å². The predicted molar refractivity (Wildman–Crippen MR) is 51.8 cm³/mol. The number of thiazole rings is 1. The molecule has 1 heterocycles. The first-order chi connectivity index (χ1) is 5.74. The van der Waals surface area contributed by atoms with E-state index in [-0.39, 0.29) is 6.04 Å². The zero-order valence-electron chi connectivity index (χ0n) is 7.29. The van der Waals surface area contributed by atoms with Crippen LogP contribution in [0.3, 0.4) is 0 Å². The van der Waals surface area contributed by atoms with Crippen molar-refractivity contribution in [2.24, 2.45) is 5.73 Å². The van der Waals surface area contributed by atoms with E-state index < -0.39 is 0 Å². The average molecular weight is 180 g/mol. The summed E-state index contributed by atoms with van der Waals surface area (Å²) in [6.07, 6.45) is 0.694. The number of rotatable bonds is 2. The molecule has 0 aromatic carbocycles. The molecule has 0 bridgehead atoms. The highest BCUT2D eigenvalue weighted by atomic mass is 32.1. The zero-order valence-corrected chi connectivity index (χ0v) is 8.11. The molecule has 64 valence electrons. The number of hydrogen-bond acceptors (Lipinski definition) is 3. The van der Waals surface area contributed by atoms with Crippen molar-refractivity contribution >= 4 is 11.3 Å². The number of aryl methyl sites for hydroxylation is 1. The van der Waals surface area contributed by atoms with Crippen molar-refractivity contribution in [3.63, 3.8) is 0 Å². The van der Waals surface area contributed by atoms with Crippen molar-refractivity contribution in [2.45, 2.75) is 26.3 Å². The molecule has 0 aliphatic carbocycles. The van der Waals surface area contributed by atoms with Gasteiger partial charge in [-0.2, -0.15) is 0 Å². The summed E-state index contributed by atoms with van der Waals surface area (Å²) in [7, 11) is 0. The highest BCUT2D eigenvalue weighted by Gasteiger charge is 2.06. The van der Waals surface area contributed by atoms with Gasteiger partial charge in [0.05, 0.1) is 16.7 Å². The van der Waals surface area contributed by atoms with Crippen LogP contribution in [0.15, 0.2) is 5.38 Å². The van der Waals surface area contributed by atoms with Gasteiger partial charge in [-0.15, -0.1) is 23.2 Å². The fraction of sp³-hybridized carbons (Fsp3) is 0.444. The molecule has 1 rings (SSSR count). The molecule has 0 aliphatic rings. The van der Waals surface area contributed by atoms with Crippen LogP contribution in [0.4, 0.5) is 0 Å². The maximum Gasteiger partial charge on any atom is 0.0898 e. The Morgan fingerprint density at radius 2 is 2.50 bits per heavy atom. The van der Waals surface area contributed by atoms with Crippen molar-refractivity contribution in [2.75, 3.05) is 0 Å². The molecule has 0 radical (unpaired) electrons. The molecular weight excluding hydrogens is 168 g/mol. The number of aromatic nitrogens is 1. The van der Waals surface area contributed by atoms with Gasteiger partial charge in [-0.3, -0.25) is 0 Å². The first-order valence-corrected chi connectivity index (χ1v) is 4.69. The first kappa shape index (κ1) is 9.24. The van der Waals surface area contributed by atoms with Crippen LogP contribution in [0, 0.1) is 18.8 Å². The fourth-order valence-corrected chi connectivity index (χ4v) is 1.54. The molecule has 2 N–H and O–H groups in total. The number of nitrogens with two attached hydrogens (primary N) is 1. The second kappa shape index (κ2) is 4.24. The second-order valence-electron chi connectivity index (χ2n) is 2.53. The van der Waals surface area contributed by atoms with E-state index in [1.165, 1.54) is 0 Å². The third kappa shape index (κ3) is 2.33. The first-order valence-electron chi connectivity index (χ1n) is 3.81. The van der Waals surface area contributed by atoms with Gasteiger partial charge in [0.15, 0.2) is 0 Å². The lowest BCUT2D eigenvalue weighted by Crippen LogP contribution is -2.09. The van der Waals surface area contributed by atoms with Crippen molar-refractivity contribution in [3.05, 3.63) is 16.1 Å². The molecule has 12 heavy (non-hydrogen) atoms. The minimum absolute atomic E-state index is 0.0256. The quantitative estimate of drug-likeness (QED) is 0.706. The van der Waals surface area contributed by atoms with Gasteiger partial charge < -0.3 is 5.73 Å². The van der Waals surface area contributed by atoms with Gasteiger partial charge in [0.2, 0.25) is 0 Å². The number of nitrogens with zero attached hydrogens (tertiary/aromatic N) is 1. The van der Waals surface area contributed by atoms with Crippen molar-refractivity contribution < 1.29 is 0 Å². The van der Waals surface area contributed by atoms with Crippen LogP contribution in [-0.2, 0) is 0 Å². The van der Waals surface area contributed by atoms with Crippen LogP contribution in [0.2, 0.25) is 0 Å². The Morgan fingerprint density at radius 3 is 3.00 bits per heavy atom. The summed E-state index contributed by atoms with van der Waals surface area (Å²) in [5, 5.41) is 3.06. The van der Waals surface area contributed by atoms with Crippen molar-refractivity contribution in [1.29, 1.82) is 0 Å². The summed E-state index contributed by atoms with van der Waals surface area (Å²) in [5.41, 5.74) is 6.79. The Labute approximate surface area is 76.8 Å². The van der Waals surface area contributed by atoms with E-state index in [0.29, 0.717) is 6.42 Å². The molecule has 1 atom stereocenters. The summed E-state index contributed by atoms with van der Waals surface area (Å²) < 4.78 is 0. The Kier molecular flexibility index (Phi) is 3.27. The fourth-order valence-electron chi connectivity index (χ4n) is 0.867. The van der Waals surface area contributed by atoms with Crippen LogP contribution in [-0.4, -0.2) is 4.98 Å². The second-order valence-corrected chi connectivity index (χ2v) is 3.59. The van der Waals surface area contributed by atoms with Crippen LogP contribution in [0.1, 0.15) is 30.1 Å². The largest absolute Gasteiger partial charge is 0.322 e. The van der Waals surface area contributed by atoms with Gasteiger partial charge in [0.1, 0.15) is 0 Å². The predicted octanol–water partition coefficient (Wildman–Crippen LogP) is 1.86. The lowest BCUT2D eigenvalue weighted by Gasteiger charge is -2.01. The van der Waals surface area contributed by atoms with Gasteiger partial charge in [-0.25, -0.2) is 4.98 Å². The molecule has 0 aliphatic heterocycles. The van der Waals surface area contributed by atoms with Crippen LogP contribution >= 0.6 is 11.3 Å². The SMILES string of the molecule is CC#CCC(N)c1csc(C)n1. The van der Waals surface area contributed by atoms with Crippen LogP contribution in [0.5, 0.6) is 0 Å². The van der Waals surface area contributed by atoms with E-state index in [4.69, 9.17) is 5.73 Å². The molecule has 0 fully saturated rings. The van der Waals surface area contributed by atoms with Gasteiger partial charge in [-0.05, 0) is 13.8 Å². The summed E-state index contributed by atoms with van der Waals surface area (Å²) in [6.45, 7) is 3.80. The molecule has 1 aromatic heterocycles. The Bertz CT molecular complexity index is 306. The summed E-state index contributed by atoms with van der Waals surface area (Å²) in [4.78, 5) is 4.29. The highest BCUT2D eigenvalue weighted by Crippen LogP contribution is 2.16. The molecule has 0 amide bonds. The maximum atomic E-state index is 5.84. The third-order valence-electron chi connectivity index (χ3n) is 1.52. The third-order valence-corrected chi connectivity index (χ3v) is 2.31. The van der Waals surface area contributed by atoms with Crippen molar-refractivity contribution in [3.8, 4) is 11.8 Å². The van der Waals surface area contributed by atoms with Crippen LogP contribution < -0.4 is 5.73 Å². The summed E-state index contributed by atoms with van der Waals surface area (Å²) in [5.74, 6) is 5.77. The van der Waals surface area contributed by atoms with Gasteiger partial charge in [0.25, 0.3) is 0 Å². The Balaban J connectivity index is 2.62. The monoisotopic (exact) mass is 180 g/mol. The van der Waals surface area contributed by atoms with E-state index in [0.717, 1.165) is 10.7 Å². The molecule has 0 saturated heterocycles. The molecule has 0 spiro atoms. The minimum Gasteiger partial charge on any atom is -0.322 e. The lowest BCUT2D eigenvalue weighted by atomic mass is 10.2. The molecule has 1 unspecified atom stereocenters. The highest BCUT2D eigenvalue weighted by molar-refractivity contribution is 7.09. The van der Waals surface area contributed by atoms with Gasteiger partial charge in [0, 0.05) is 11.8 Å². The molecule has 1 aromatic rings. The van der Waals surface area contributed by atoms with Crippen molar-refractivity contribution in [1.82, 2.24) is 4.98 Å². The van der Waals surface area contributed by atoms with Crippen LogP contribution in [0.25, 0.3) is 0 Å². The lowest BCUT2D eigenvalue weighted by molar-refractivity contribution is 0.729. The molecule has 0 saturated carbocycles. The summed E-state index contributed by atoms with van der Waals surface area (Å²) in [6, 6.07) is -0.0256. The van der Waals surface area contributed by atoms with E-state index in [1.807, 2.05) is 19.2 Å². The van der Waals surface area contributed by atoms with E-state index >= 15 is 0 Å². The van der Waals surface area contributed by atoms with E-state index in [2.05, 4.69) is 16.8 Å². The summed E-state index contributed by atoms with van der Waals surface area (Å²) >= 11 is 1.63. The maximum absolute atomic E-state index is 5.84. The topological polar surface area (TPSA) is 38.9 Å². The minimum atomic E-state index is -0.0256. The molecular formula is C9H12N2S. The molecule has 3 heteroatoms. The zero-order chi connectivity index (χ0) is 8.97. The van der Waals surface area contributed by atoms with E-state index in [1.54, 1.807) is 11.3 Å². The van der Waals surface area contributed by atoms with Gasteiger partial charge in [-0.1, -0.05) is 0 Å². The smallest absolute Gasteiger partial charge is 0.0898 e. The van der Waals surface area contributed by atoms with E-state index in [9.17, 15) is 0 Å².